The number of ether oxygens (including phenoxy) is 1. The third kappa shape index (κ3) is 6.61. The number of nitrogens with zero attached hydrogens (tertiary/aromatic N) is 1. The van der Waals surface area contributed by atoms with Crippen LogP contribution in [0, 0.1) is 0 Å². The van der Waals surface area contributed by atoms with E-state index < -0.39 is 17.7 Å². The zero-order valence-corrected chi connectivity index (χ0v) is 15.3. The van der Waals surface area contributed by atoms with Crippen molar-refractivity contribution >= 4 is 52.8 Å². The van der Waals surface area contributed by atoms with Crippen LogP contribution < -0.4 is 21.2 Å². The summed E-state index contributed by atoms with van der Waals surface area (Å²) >= 11 is 11.7. The first-order valence-electron chi connectivity index (χ1n) is 7.46. The second kappa shape index (κ2) is 9.56. The number of carbonyl (C=O) groups is 3. The van der Waals surface area contributed by atoms with Crippen LogP contribution in [0.5, 0.6) is 5.75 Å². The molecule has 0 saturated heterocycles. The number of benzene rings is 2. The Morgan fingerprint density at radius 3 is 2.44 bits per heavy atom. The minimum Gasteiger partial charge on any atom is -0.484 e. The van der Waals surface area contributed by atoms with Crippen LogP contribution in [-0.2, 0) is 14.4 Å². The van der Waals surface area contributed by atoms with Crippen molar-refractivity contribution in [2.45, 2.75) is 0 Å². The molecule has 8 nitrogen and oxygen atoms in total. The largest absolute Gasteiger partial charge is 0.484 e. The number of primary amides is 1. The van der Waals surface area contributed by atoms with Gasteiger partial charge in [0.15, 0.2) is 6.61 Å². The van der Waals surface area contributed by atoms with Gasteiger partial charge in [0.2, 0.25) is 0 Å². The minimum absolute atomic E-state index is 0.208. The lowest BCUT2D eigenvalue weighted by Crippen LogP contribution is -2.32. The summed E-state index contributed by atoms with van der Waals surface area (Å²) in [7, 11) is 0. The van der Waals surface area contributed by atoms with Gasteiger partial charge in [-0.2, -0.15) is 5.10 Å². The molecule has 27 heavy (non-hydrogen) atoms. The molecule has 0 fully saturated rings. The predicted octanol–water partition coefficient (Wildman–Crippen LogP) is 1.95. The maximum Gasteiger partial charge on any atom is 0.329 e. The van der Waals surface area contributed by atoms with Crippen molar-refractivity contribution in [1.82, 2.24) is 5.43 Å². The first kappa shape index (κ1) is 20.2. The van der Waals surface area contributed by atoms with Crippen LogP contribution in [0.15, 0.2) is 47.6 Å². The monoisotopic (exact) mass is 408 g/mol. The van der Waals surface area contributed by atoms with E-state index in [0.29, 0.717) is 16.3 Å². The van der Waals surface area contributed by atoms with Crippen LogP contribution in [0.3, 0.4) is 0 Å². The van der Waals surface area contributed by atoms with E-state index in [1.807, 2.05) is 0 Å². The van der Waals surface area contributed by atoms with Crippen molar-refractivity contribution < 1.29 is 19.1 Å². The van der Waals surface area contributed by atoms with Crippen molar-refractivity contribution in [3.05, 3.63) is 58.1 Å². The molecule has 2 aromatic rings. The van der Waals surface area contributed by atoms with E-state index in [1.165, 1.54) is 18.3 Å². The molecule has 2 rings (SSSR count). The molecule has 4 N–H and O–H groups in total. The highest BCUT2D eigenvalue weighted by molar-refractivity contribution is 6.42. The third-order valence-electron chi connectivity index (χ3n) is 3.02. The van der Waals surface area contributed by atoms with Gasteiger partial charge in [-0.3, -0.25) is 14.4 Å². The first-order chi connectivity index (χ1) is 12.8. The molecule has 2 aromatic carbocycles. The Morgan fingerprint density at radius 2 is 1.78 bits per heavy atom. The Morgan fingerprint density at radius 1 is 1.07 bits per heavy atom. The lowest BCUT2D eigenvalue weighted by molar-refractivity contribution is -0.136. The lowest BCUT2D eigenvalue weighted by Gasteiger charge is -2.06. The van der Waals surface area contributed by atoms with E-state index in [-0.39, 0.29) is 17.3 Å². The highest BCUT2D eigenvalue weighted by Gasteiger charge is 2.14. The molecule has 0 heterocycles. The van der Waals surface area contributed by atoms with E-state index in [0.717, 1.165) is 0 Å². The molecule has 0 aliphatic carbocycles. The van der Waals surface area contributed by atoms with E-state index in [9.17, 15) is 14.4 Å². The first-order valence-corrected chi connectivity index (χ1v) is 8.21. The smallest absolute Gasteiger partial charge is 0.329 e. The molecule has 3 amide bonds. The van der Waals surface area contributed by atoms with E-state index in [4.69, 9.17) is 33.7 Å². The molecule has 0 aliphatic heterocycles. The lowest BCUT2D eigenvalue weighted by atomic mass is 10.2. The van der Waals surface area contributed by atoms with Gasteiger partial charge < -0.3 is 15.8 Å². The van der Waals surface area contributed by atoms with E-state index in [1.54, 1.807) is 30.3 Å². The Balaban J connectivity index is 1.87. The summed E-state index contributed by atoms with van der Waals surface area (Å²) in [5.41, 5.74) is 7.90. The molecular weight excluding hydrogens is 395 g/mol. The molecule has 0 bridgehead atoms. The second-order valence-corrected chi connectivity index (χ2v) is 5.95. The van der Waals surface area contributed by atoms with Gasteiger partial charge >= 0.3 is 11.8 Å². The summed E-state index contributed by atoms with van der Waals surface area (Å²) in [6, 6.07) is 10.9. The molecule has 0 spiro atoms. The predicted molar refractivity (Wildman–Crippen MR) is 102 cm³/mol. The maximum atomic E-state index is 11.8. The number of amides is 3. The van der Waals surface area contributed by atoms with Crippen LogP contribution >= 0.6 is 23.2 Å². The van der Waals surface area contributed by atoms with Gasteiger partial charge in [-0.15, -0.1) is 0 Å². The van der Waals surface area contributed by atoms with Crippen molar-refractivity contribution in [3.63, 3.8) is 0 Å². The summed E-state index contributed by atoms with van der Waals surface area (Å²) in [6.07, 6.45) is 1.33. The normalized spacial score (nSPS) is 10.4. The number of hydrogen-bond acceptors (Lipinski definition) is 5. The van der Waals surface area contributed by atoms with Gasteiger partial charge in [-0.1, -0.05) is 23.2 Å². The maximum absolute atomic E-state index is 11.8. The standard InChI is InChI=1S/C17H14Cl2N4O4/c18-11-3-6-13(19)14(7-11)22-16(25)17(26)23-21-8-10-1-4-12(5-2-10)27-9-15(20)24/h1-8H,9H2,(H2,20,24)(H,22,25)(H,23,26). The molecule has 140 valence electrons. The fourth-order valence-corrected chi connectivity index (χ4v) is 2.13. The number of halogens is 2. The molecule has 0 saturated carbocycles. The Labute approximate surface area is 164 Å². The zero-order valence-electron chi connectivity index (χ0n) is 13.7. The number of hydrazone groups is 1. The molecule has 0 aliphatic rings. The van der Waals surface area contributed by atoms with Crippen molar-refractivity contribution in [2.75, 3.05) is 11.9 Å². The third-order valence-corrected chi connectivity index (χ3v) is 3.59. The molecule has 0 unspecified atom stereocenters. The number of nitrogens with two attached hydrogens (primary N) is 1. The Bertz CT molecular complexity index is 885. The highest BCUT2D eigenvalue weighted by Crippen LogP contribution is 2.25. The van der Waals surface area contributed by atoms with Gasteiger partial charge in [-0.05, 0) is 48.0 Å². The zero-order chi connectivity index (χ0) is 19.8. The topological polar surface area (TPSA) is 123 Å². The van der Waals surface area contributed by atoms with Crippen LogP contribution in [0.2, 0.25) is 10.0 Å². The number of carbonyl (C=O) groups excluding carboxylic acids is 3. The Hall–Kier alpha value is -3.10. The minimum atomic E-state index is -0.983. The molecule has 10 heteroatoms. The quantitative estimate of drug-likeness (QED) is 0.383. The molecular formula is C17H14Cl2N4O4. The summed E-state index contributed by atoms with van der Waals surface area (Å²) in [6.45, 7) is -0.227. The van der Waals surface area contributed by atoms with Gasteiger partial charge in [0.1, 0.15) is 5.75 Å². The van der Waals surface area contributed by atoms with Gasteiger partial charge in [0.05, 0.1) is 16.9 Å². The van der Waals surface area contributed by atoms with Crippen LogP contribution in [0.25, 0.3) is 0 Å². The van der Waals surface area contributed by atoms with Crippen LogP contribution in [0.1, 0.15) is 5.56 Å². The highest BCUT2D eigenvalue weighted by atomic mass is 35.5. The van der Waals surface area contributed by atoms with Crippen molar-refractivity contribution in [2.24, 2.45) is 10.8 Å². The molecule has 0 aromatic heterocycles. The fraction of sp³-hybridized carbons (Fsp3) is 0.0588. The average molecular weight is 409 g/mol. The molecule has 0 radical (unpaired) electrons. The van der Waals surface area contributed by atoms with Crippen molar-refractivity contribution in [1.29, 1.82) is 0 Å². The summed E-state index contributed by atoms with van der Waals surface area (Å²) in [5.74, 6) is -2.07. The average Bonchev–Trinajstić information content (AvgIpc) is 2.63. The number of rotatable bonds is 6. The number of nitrogens with one attached hydrogen (secondary N) is 2. The van der Waals surface area contributed by atoms with E-state index in [2.05, 4.69) is 15.8 Å². The summed E-state index contributed by atoms with van der Waals surface area (Å²) in [5, 5.41) is 6.62. The van der Waals surface area contributed by atoms with Gasteiger partial charge in [0, 0.05) is 5.02 Å². The fourth-order valence-electron chi connectivity index (χ4n) is 1.79. The van der Waals surface area contributed by atoms with Crippen molar-refractivity contribution in [3.8, 4) is 5.75 Å². The number of anilines is 1. The van der Waals surface area contributed by atoms with Gasteiger partial charge in [-0.25, -0.2) is 5.43 Å². The second-order valence-electron chi connectivity index (χ2n) is 5.10. The van der Waals surface area contributed by atoms with Gasteiger partial charge in [0.25, 0.3) is 5.91 Å². The van der Waals surface area contributed by atoms with E-state index >= 15 is 0 Å². The van der Waals surface area contributed by atoms with Crippen LogP contribution in [0.4, 0.5) is 5.69 Å². The molecule has 0 atom stereocenters. The SMILES string of the molecule is NC(=O)COc1ccc(C=NNC(=O)C(=O)Nc2cc(Cl)ccc2Cl)cc1. The summed E-state index contributed by atoms with van der Waals surface area (Å²) < 4.78 is 5.11. The van der Waals surface area contributed by atoms with Crippen LogP contribution in [-0.4, -0.2) is 30.5 Å². The number of hydrogen-bond donors (Lipinski definition) is 3. The Kier molecular flexibility index (Phi) is 7.16. The summed E-state index contributed by atoms with van der Waals surface area (Å²) in [4.78, 5) is 34.2.